The van der Waals surface area contributed by atoms with E-state index >= 15 is 0 Å². The summed E-state index contributed by atoms with van der Waals surface area (Å²) in [5.74, 6) is -0.395. The molecule has 0 aliphatic carbocycles. The summed E-state index contributed by atoms with van der Waals surface area (Å²) in [6, 6.07) is 1.32. The van der Waals surface area contributed by atoms with Crippen LogP contribution < -0.4 is 5.32 Å². The first-order valence-corrected chi connectivity index (χ1v) is 7.25. The summed E-state index contributed by atoms with van der Waals surface area (Å²) in [4.78, 5) is 2.55. The van der Waals surface area contributed by atoms with Crippen molar-refractivity contribution in [2.24, 2.45) is 0 Å². The average Bonchev–Trinajstić information content (AvgIpc) is 2.67. The lowest BCUT2D eigenvalue weighted by Crippen LogP contribution is -2.46. The van der Waals surface area contributed by atoms with Crippen LogP contribution in [-0.4, -0.2) is 55.1 Å². The number of piperidine rings is 1. The first kappa shape index (κ1) is 14.3. The van der Waals surface area contributed by atoms with E-state index in [1.807, 2.05) is 13.8 Å². The maximum absolute atomic E-state index is 5.80. The van der Waals surface area contributed by atoms with Crippen molar-refractivity contribution >= 4 is 0 Å². The van der Waals surface area contributed by atoms with Crippen LogP contribution in [0, 0.1) is 0 Å². The second-order valence-corrected chi connectivity index (χ2v) is 6.26. The zero-order chi connectivity index (χ0) is 13.2. The lowest BCUT2D eigenvalue weighted by molar-refractivity contribution is -0.138. The minimum atomic E-state index is -0.395. The highest BCUT2D eigenvalue weighted by molar-refractivity contribution is 4.81. The fourth-order valence-corrected chi connectivity index (χ4v) is 2.78. The molecule has 2 saturated heterocycles. The number of ether oxygens (including phenoxy) is 2. The van der Waals surface area contributed by atoms with Crippen LogP contribution in [-0.2, 0) is 9.47 Å². The van der Waals surface area contributed by atoms with Crippen molar-refractivity contribution in [1.82, 2.24) is 10.2 Å². The molecule has 1 N–H and O–H groups in total. The maximum atomic E-state index is 5.80. The van der Waals surface area contributed by atoms with Crippen molar-refractivity contribution in [2.45, 2.75) is 64.5 Å². The van der Waals surface area contributed by atoms with Gasteiger partial charge < -0.3 is 19.7 Å². The summed E-state index contributed by atoms with van der Waals surface area (Å²) in [6.45, 7) is 12.6. The van der Waals surface area contributed by atoms with E-state index in [0.717, 1.165) is 6.54 Å². The summed E-state index contributed by atoms with van der Waals surface area (Å²) < 4.78 is 11.4. The standard InChI is InChI=1S/C14H28N2O2/c1-11(2)16-7-5-12(6-8-16)15-9-13-10-17-14(3,4)18-13/h11-13,15H,5-10H2,1-4H3. The van der Waals surface area contributed by atoms with E-state index < -0.39 is 5.79 Å². The Hall–Kier alpha value is -0.160. The Morgan fingerprint density at radius 3 is 2.44 bits per heavy atom. The van der Waals surface area contributed by atoms with E-state index in [0.29, 0.717) is 18.7 Å². The number of likely N-dealkylation sites (tertiary alicyclic amines) is 1. The largest absolute Gasteiger partial charge is 0.348 e. The molecule has 0 bridgehead atoms. The van der Waals surface area contributed by atoms with Crippen LogP contribution in [0.15, 0.2) is 0 Å². The SMILES string of the molecule is CC(C)N1CCC(NCC2COC(C)(C)O2)CC1. The molecule has 1 atom stereocenters. The van der Waals surface area contributed by atoms with Crippen molar-refractivity contribution in [2.75, 3.05) is 26.2 Å². The minimum Gasteiger partial charge on any atom is -0.348 e. The third-order valence-electron chi connectivity index (χ3n) is 3.96. The summed E-state index contributed by atoms with van der Waals surface area (Å²) in [6.07, 6.45) is 2.70. The average molecular weight is 256 g/mol. The number of nitrogens with zero attached hydrogens (tertiary/aromatic N) is 1. The molecule has 2 fully saturated rings. The quantitative estimate of drug-likeness (QED) is 0.828. The van der Waals surface area contributed by atoms with Gasteiger partial charge in [0.1, 0.15) is 0 Å². The highest BCUT2D eigenvalue weighted by Gasteiger charge is 2.32. The van der Waals surface area contributed by atoms with Crippen LogP contribution in [0.1, 0.15) is 40.5 Å². The Balaban J connectivity index is 1.64. The predicted octanol–water partition coefficient (Wildman–Crippen LogP) is 1.60. The van der Waals surface area contributed by atoms with Gasteiger partial charge in [0, 0.05) is 18.6 Å². The van der Waals surface area contributed by atoms with Crippen molar-refractivity contribution in [3.8, 4) is 0 Å². The molecule has 0 amide bonds. The second kappa shape index (κ2) is 5.87. The highest BCUT2D eigenvalue weighted by atomic mass is 16.7. The van der Waals surface area contributed by atoms with Gasteiger partial charge in [0.2, 0.25) is 0 Å². The van der Waals surface area contributed by atoms with Crippen LogP contribution in [0.4, 0.5) is 0 Å². The molecular formula is C14H28N2O2. The van der Waals surface area contributed by atoms with Gasteiger partial charge >= 0.3 is 0 Å². The molecular weight excluding hydrogens is 228 g/mol. The second-order valence-electron chi connectivity index (χ2n) is 6.26. The number of hydrogen-bond acceptors (Lipinski definition) is 4. The molecule has 0 aromatic carbocycles. The maximum Gasteiger partial charge on any atom is 0.163 e. The number of rotatable bonds is 4. The molecule has 106 valence electrons. The lowest BCUT2D eigenvalue weighted by atomic mass is 10.0. The lowest BCUT2D eigenvalue weighted by Gasteiger charge is -2.35. The van der Waals surface area contributed by atoms with Gasteiger partial charge in [0.15, 0.2) is 5.79 Å². The summed E-state index contributed by atoms with van der Waals surface area (Å²) in [7, 11) is 0. The molecule has 0 radical (unpaired) electrons. The monoisotopic (exact) mass is 256 g/mol. The number of nitrogens with one attached hydrogen (secondary N) is 1. The summed E-state index contributed by atoms with van der Waals surface area (Å²) in [5.41, 5.74) is 0. The molecule has 2 aliphatic heterocycles. The van der Waals surface area contributed by atoms with Gasteiger partial charge in [-0.2, -0.15) is 0 Å². The smallest absolute Gasteiger partial charge is 0.163 e. The van der Waals surface area contributed by atoms with E-state index in [1.54, 1.807) is 0 Å². The van der Waals surface area contributed by atoms with Gasteiger partial charge in [-0.1, -0.05) is 0 Å². The molecule has 0 aromatic rings. The predicted molar refractivity (Wildman–Crippen MR) is 72.6 cm³/mol. The van der Waals surface area contributed by atoms with Crippen LogP contribution in [0.2, 0.25) is 0 Å². The fourth-order valence-electron chi connectivity index (χ4n) is 2.78. The van der Waals surface area contributed by atoms with Crippen LogP contribution >= 0.6 is 0 Å². The molecule has 0 aromatic heterocycles. The molecule has 4 nitrogen and oxygen atoms in total. The van der Waals surface area contributed by atoms with E-state index in [1.165, 1.54) is 25.9 Å². The molecule has 2 rings (SSSR count). The van der Waals surface area contributed by atoms with Crippen molar-refractivity contribution < 1.29 is 9.47 Å². The first-order chi connectivity index (χ1) is 8.46. The van der Waals surface area contributed by atoms with Gasteiger partial charge in [-0.3, -0.25) is 0 Å². The third-order valence-corrected chi connectivity index (χ3v) is 3.96. The van der Waals surface area contributed by atoms with Crippen molar-refractivity contribution in [3.63, 3.8) is 0 Å². The van der Waals surface area contributed by atoms with Crippen molar-refractivity contribution in [3.05, 3.63) is 0 Å². The van der Waals surface area contributed by atoms with Gasteiger partial charge in [-0.25, -0.2) is 0 Å². The van der Waals surface area contributed by atoms with Crippen molar-refractivity contribution in [1.29, 1.82) is 0 Å². The minimum absolute atomic E-state index is 0.211. The van der Waals surface area contributed by atoms with E-state index in [2.05, 4.69) is 24.1 Å². The van der Waals surface area contributed by atoms with Crippen LogP contribution in [0.25, 0.3) is 0 Å². The van der Waals surface area contributed by atoms with E-state index in [4.69, 9.17) is 9.47 Å². The Kier molecular flexibility index (Phi) is 4.64. The molecule has 1 unspecified atom stereocenters. The van der Waals surface area contributed by atoms with Crippen LogP contribution in [0.3, 0.4) is 0 Å². The number of hydrogen-bond donors (Lipinski definition) is 1. The molecule has 18 heavy (non-hydrogen) atoms. The van der Waals surface area contributed by atoms with E-state index in [-0.39, 0.29) is 6.10 Å². The normalized spacial score (nSPS) is 30.2. The Bertz CT molecular complexity index is 261. The van der Waals surface area contributed by atoms with Gasteiger partial charge in [-0.05, 0) is 53.6 Å². The van der Waals surface area contributed by atoms with Crippen LogP contribution in [0.5, 0.6) is 0 Å². The molecule has 4 heteroatoms. The van der Waals surface area contributed by atoms with Gasteiger partial charge in [0.05, 0.1) is 12.7 Å². The topological polar surface area (TPSA) is 33.7 Å². The molecule has 0 spiro atoms. The Morgan fingerprint density at radius 2 is 1.94 bits per heavy atom. The molecule has 2 aliphatic rings. The Labute approximate surface area is 111 Å². The van der Waals surface area contributed by atoms with E-state index in [9.17, 15) is 0 Å². The third kappa shape index (κ3) is 3.92. The summed E-state index contributed by atoms with van der Waals surface area (Å²) in [5, 5.41) is 3.63. The van der Waals surface area contributed by atoms with Gasteiger partial charge in [-0.15, -0.1) is 0 Å². The summed E-state index contributed by atoms with van der Waals surface area (Å²) >= 11 is 0. The fraction of sp³-hybridized carbons (Fsp3) is 1.00. The zero-order valence-electron chi connectivity index (χ0n) is 12.2. The highest BCUT2D eigenvalue weighted by Crippen LogP contribution is 2.22. The molecule has 2 heterocycles. The molecule has 0 saturated carbocycles. The Morgan fingerprint density at radius 1 is 1.28 bits per heavy atom. The zero-order valence-corrected chi connectivity index (χ0v) is 12.2. The first-order valence-electron chi connectivity index (χ1n) is 7.25. The van der Waals surface area contributed by atoms with Gasteiger partial charge in [0.25, 0.3) is 0 Å².